The summed E-state index contributed by atoms with van der Waals surface area (Å²) in [5.41, 5.74) is 6.88. The number of nitrogens with one attached hydrogen (secondary N) is 1. The van der Waals surface area contributed by atoms with Crippen LogP contribution in [0, 0.1) is 6.92 Å². The van der Waals surface area contributed by atoms with Crippen molar-refractivity contribution >= 4 is 18.3 Å². The lowest BCUT2D eigenvalue weighted by atomic mass is 9.92. The number of nitrogens with two attached hydrogens (primary N) is 1. The molecular formula is C16H27ClN2O3. The SMILES string of the molecule is CCC(CC)(CN)NC(=O)c1cc(OC)c(OC)cc1C.Cl. The Morgan fingerprint density at radius 1 is 1.18 bits per heavy atom. The Morgan fingerprint density at radius 2 is 1.68 bits per heavy atom. The lowest BCUT2D eigenvalue weighted by Crippen LogP contribution is -2.53. The maximum Gasteiger partial charge on any atom is 0.252 e. The molecule has 0 fully saturated rings. The van der Waals surface area contributed by atoms with Crippen molar-refractivity contribution in [3.05, 3.63) is 23.3 Å². The Hall–Kier alpha value is -1.46. The molecule has 0 radical (unpaired) electrons. The zero-order chi connectivity index (χ0) is 16.0. The second-order valence-electron chi connectivity index (χ2n) is 5.17. The smallest absolute Gasteiger partial charge is 0.252 e. The zero-order valence-corrected chi connectivity index (χ0v) is 14.8. The molecule has 1 aromatic rings. The van der Waals surface area contributed by atoms with Crippen LogP contribution >= 0.6 is 12.4 Å². The summed E-state index contributed by atoms with van der Waals surface area (Å²) in [6.07, 6.45) is 1.58. The van der Waals surface area contributed by atoms with Gasteiger partial charge in [0, 0.05) is 12.1 Å². The number of methoxy groups -OCH3 is 2. The largest absolute Gasteiger partial charge is 0.493 e. The molecule has 1 aromatic carbocycles. The lowest BCUT2D eigenvalue weighted by molar-refractivity contribution is 0.0894. The second-order valence-corrected chi connectivity index (χ2v) is 5.17. The number of carbonyl (C=O) groups is 1. The first kappa shape index (κ1) is 20.5. The minimum atomic E-state index is -0.364. The number of carbonyl (C=O) groups excluding carboxylic acids is 1. The Balaban J connectivity index is 0.00000441. The third-order valence-electron chi connectivity index (χ3n) is 4.10. The van der Waals surface area contributed by atoms with Gasteiger partial charge >= 0.3 is 0 Å². The van der Waals surface area contributed by atoms with Crippen LogP contribution in [-0.2, 0) is 0 Å². The molecule has 6 heteroatoms. The van der Waals surface area contributed by atoms with Crippen molar-refractivity contribution in [1.82, 2.24) is 5.32 Å². The molecule has 126 valence electrons. The van der Waals surface area contributed by atoms with Crippen LogP contribution in [0.4, 0.5) is 0 Å². The first-order valence-electron chi connectivity index (χ1n) is 7.22. The van der Waals surface area contributed by atoms with Crippen LogP contribution in [-0.4, -0.2) is 32.2 Å². The normalized spacial score (nSPS) is 10.6. The molecule has 0 saturated heterocycles. The average Bonchev–Trinajstić information content (AvgIpc) is 2.52. The van der Waals surface area contributed by atoms with E-state index in [-0.39, 0.29) is 23.9 Å². The molecule has 0 unspecified atom stereocenters. The highest BCUT2D eigenvalue weighted by Crippen LogP contribution is 2.30. The van der Waals surface area contributed by atoms with Gasteiger partial charge in [0.25, 0.3) is 5.91 Å². The van der Waals surface area contributed by atoms with E-state index in [2.05, 4.69) is 5.32 Å². The van der Waals surface area contributed by atoms with Crippen LogP contribution in [0.1, 0.15) is 42.6 Å². The molecular weight excluding hydrogens is 304 g/mol. The van der Waals surface area contributed by atoms with Crippen molar-refractivity contribution in [1.29, 1.82) is 0 Å². The molecule has 0 aliphatic heterocycles. The van der Waals surface area contributed by atoms with Crippen LogP contribution in [0.25, 0.3) is 0 Å². The van der Waals surface area contributed by atoms with E-state index in [9.17, 15) is 4.79 Å². The number of benzene rings is 1. The molecule has 5 nitrogen and oxygen atoms in total. The fraction of sp³-hybridized carbons (Fsp3) is 0.562. The first-order valence-corrected chi connectivity index (χ1v) is 7.22. The molecule has 3 N–H and O–H groups in total. The summed E-state index contributed by atoms with van der Waals surface area (Å²) < 4.78 is 10.5. The van der Waals surface area contributed by atoms with Gasteiger partial charge in [0.2, 0.25) is 0 Å². The van der Waals surface area contributed by atoms with Gasteiger partial charge in [-0.1, -0.05) is 13.8 Å². The van der Waals surface area contributed by atoms with E-state index in [4.69, 9.17) is 15.2 Å². The van der Waals surface area contributed by atoms with Crippen molar-refractivity contribution < 1.29 is 14.3 Å². The second kappa shape index (κ2) is 8.86. The minimum Gasteiger partial charge on any atom is -0.493 e. The highest BCUT2D eigenvalue weighted by Gasteiger charge is 2.27. The fourth-order valence-corrected chi connectivity index (χ4v) is 2.30. The van der Waals surface area contributed by atoms with Gasteiger partial charge in [0.05, 0.1) is 19.8 Å². The monoisotopic (exact) mass is 330 g/mol. The predicted octanol–water partition coefficient (Wildman–Crippen LogP) is 2.68. The molecule has 1 amide bonds. The molecule has 0 atom stereocenters. The molecule has 0 heterocycles. The Labute approximate surface area is 139 Å². The average molecular weight is 331 g/mol. The van der Waals surface area contributed by atoms with E-state index in [1.165, 1.54) is 0 Å². The summed E-state index contributed by atoms with van der Waals surface area (Å²) in [5, 5.41) is 3.07. The van der Waals surface area contributed by atoms with E-state index in [1.807, 2.05) is 20.8 Å². The maximum absolute atomic E-state index is 12.6. The third-order valence-corrected chi connectivity index (χ3v) is 4.10. The van der Waals surface area contributed by atoms with Crippen molar-refractivity contribution in [2.24, 2.45) is 5.73 Å². The Bertz CT molecular complexity index is 494. The molecule has 0 spiro atoms. The zero-order valence-electron chi connectivity index (χ0n) is 14.0. The number of aryl methyl sites for hydroxylation is 1. The lowest BCUT2D eigenvalue weighted by Gasteiger charge is -2.31. The van der Waals surface area contributed by atoms with Gasteiger partial charge in [-0.05, 0) is 37.5 Å². The Kier molecular flexibility index (Phi) is 8.27. The highest BCUT2D eigenvalue weighted by molar-refractivity contribution is 5.97. The quantitative estimate of drug-likeness (QED) is 0.806. The summed E-state index contributed by atoms with van der Waals surface area (Å²) in [7, 11) is 3.13. The number of ether oxygens (including phenoxy) is 2. The van der Waals surface area contributed by atoms with Crippen LogP contribution in [0.3, 0.4) is 0 Å². The van der Waals surface area contributed by atoms with E-state index in [0.29, 0.717) is 23.6 Å². The molecule has 0 bridgehead atoms. The minimum absolute atomic E-state index is 0. The number of hydrogen-bond donors (Lipinski definition) is 2. The van der Waals surface area contributed by atoms with E-state index in [1.54, 1.807) is 26.4 Å². The van der Waals surface area contributed by atoms with Gasteiger partial charge in [0.1, 0.15) is 0 Å². The standard InChI is InChI=1S/C16H26N2O3.ClH/c1-6-16(7-2,10-17)18-15(19)12-9-14(21-5)13(20-4)8-11(12)3;/h8-9H,6-7,10,17H2,1-5H3,(H,18,19);1H. The molecule has 0 aliphatic carbocycles. The third kappa shape index (κ3) is 4.27. The number of rotatable bonds is 7. The molecule has 0 aliphatic rings. The number of amides is 1. The van der Waals surface area contributed by atoms with Gasteiger partial charge in [0.15, 0.2) is 11.5 Å². The van der Waals surface area contributed by atoms with Gasteiger partial charge < -0.3 is 20.5 Å². The molecule has 1 rings (SSSR count). The number of hydrogen-bond acceptors (Lipinski definition) is 4. The molecule has 22 heavy (non-hydrogen) atoms. The fourth-order valence-electron chi connectivity index (χ4n) is 2.30. The molecule has 0 saturated carbocycles. The maximum atomic E-state index is 12.6. The van der Waals surface area contributed by atoms with Crippen LogP contribution in [0.2, 0.25) is 0 Å². The predicted molar refractivity (Wildman–Crippen MR) is 91.4 cm³/mol. The highest BCUT2D eigenvalue weighted by atomic mass is 35.5. The van der Waals surface area contributed by atoms with E-state index in [0.717, 1.165) is 18.4 Å². The molecule has 0 aromatic heterocycles. The summed E-state index contributed by atoms with van der Waals surface area (Å²) >= 11 is 0. The van der Waals surface area contributed by atoms with Gasteiger partial charge in [-0.15, -0.1) is 12.4 Å². The summed E-state index contributed by atoms with van der Waals surface area (Å²) in [5.74, 6) is 1.02. The van der Waals surface area contributed by atoms with Crippen molar-refractivity contribution in [3.63, 3.8) is 0 Å². The van der Waals surface area contributed by atoms with Gasteiger partial charge in [-0.25, -0.2) is 0 Å². The summed E-state index contributed by atoms with van der Waals surface area (Å²) in [6.45, 7) is 6.34. The van der Waals surface area contributed by atoms with Crippen molar-refractivity contribution in [3.8, 4) is 11.5 Å². The van der Waals surface area contributed by atoms with E-state index < -0.39 is 0 Å². The van der Waals surface area contributed by atoms with Crippen molar-refractivity contribution in [2.45, 2.75) is 39.2 Å². The topological polar surface area (TPSA) is 73.6 Å². The van der Waals surface area contributed by atoms with Gasteiger partial charge in [-0.2, -0.15) is 0 Å². The van der Waals surface area contributed by atoms with Crippen molar-refractivity contribution in [2.75, 3.05) is 20.8 Å². The van der Waals surface area contributed by atoms with Crippen LogP contribution < -0.4 is 20.5 Å². The van der Waals surface area contributed by atoms with Crippen LogP contribution in [0.15, 0.2) is 12.1 Å². The summed E-state index contributed by atoms with van der Waals surface area (Å²) in [4.78, 5) is 12.6. The van der Waals surface area contributed by atoms with Crippen LogP contribution in [0.5, 0.6) is 11.5 Å². The number of halogens is 1. The first-order chi connectivity index (χ1) is 9.96. The summed E-state index contributed by atoms with van der Waals surface area (Å²) in [6, 6.07) is 3.51. The van der Waals surface area contributed by atoms with Gasteiger partial charge in [-0.3, -0.25) is 4.79 Å². The Morgan fingerprint density at radius 3 is 2.09 bits per heavy atom. The van der Waals surface area contributed by atoms with E-state index >= 15 is 0 Å².